The van der Waals surface area contributed by atoms with Crippen molar-refractivity contribution in [3.8, 4) is 0 Å². The van der Waals surface area contributed by atoms with Gasteiger partial charge in [-0.2, -0.15) is 11.8 Å². The number of rotatable bonds is 3. The Morgan fingerprint density at radius 1 is 1.53 bits per heavy atom. The zero-order valence-corrected chi connectivity index (χ0v) is 10.6. The van der Waals surface area contributed by atoms with E-state index in [9.17, 15) is 0 Å². The van der Waals surface area contributed by atoms with Gasteiger partial charge in [-0.25, -0.2) is 0 Å². The minimum absolute atomic E-state index is 0.390. The van der Waals surface area contributed by atoms with Crippen LogP contribution in [0.25, 0.3) is 0 Å². The SMILES string of the molecule is CC1SCCC1N(C)CC1CNCCO1. The molecule has 3 unspecified atom stereocenters. The molecule has 2 rings (SSSR count). The first kappa shape index (κ1) is 11.7. The zero-order valence-electron chi connectivity index (χ0n) is 9.74. The Hall–Kier alpha value is 0.230. The van der Waals surface area contributed by atoms with Gasteiger partial charge in [0, 0.05) is 30.9 Å². The molecule has 2 saturated heterocycles. The summed E-state index contributed by atoms with van der Waals surface area (Å²) < 4.78 is 5.73. The molecule has 2 aliphatic heterocycles. The fourth-order valence-corrected chi connectivity index (χ4v) is 3.81. The summed E-state index contributed by atoms with van der Waals surface area (Å²) in [6.07, 6.45) is 1.73. The summed E-state index contributed by atoms with van der Waals surface area (Å²) in [6, 6.07) is 0.750. The number of nitrogens with zero attached hydrogens (tertiary/aromatic N) is 1. The second kappa shape index (κ2) is 5.53. The van der Waals surface area contributed by atoms with E-state index in [4.69, 9.17) is 4.74 Å². The molecule has 88 valence electrons. The van der Waals surface area contributed by atoms with Gasteiger partial charge in [-0.15, -0.1) is 0 Å². The highest BCUT2D eigenvalue weighted by atomic mass is 32.2. The Bertz CT molecular complexity index is 197. The van der Waals surface area contributed by atoms with Gasteiger partial charge in [-0.05, 0) is 19.2 Å². The summed E-state index contributed by atoms with van der Waals surface area (Å²) in [5, 5.41) is 4.17. The average Bonchev–Trinajstić information content (AvgIpc) is 2.66. The standard InChI is InChI=1S/C11H22N2OS/c1-9-11(3-6-15-9)13(2)8-10-7-12-4-5-14-10/h9-12H,3-8H2,1-2H3. The third kappa shape index (κ3) is 3.09. The number of likely N-dealkylation sites (N-methyl/N-ethyl adjacent to an activating group) is 1. The van der Waals surface area contributed by atoms with Crippen LogP contribution >= 0.6 is 11.8 Å². The lowest BCUT2D eigenvalue weighted by atomic mass is 10.1. The van der Waals surface area contributed by atoms with Crippen molar-refractivity contribution in [3.05, 3.63) is 0 Å². The van der Waals surface area contributed by atoms with Crippen LogP contribution in [0.3, 0.4) is 0 Å². The third-order valence-electron chi connectivity index (χ3n) is 3.40. The molecule has 2 heterocycles. The molecule has 3 atom stereocenters. The molecule has 4 heteroatoms. The highest BCUT2D eigenvalue weighted by Crippen LogP contribution is 2.29. The van der Waals surface area contributed by atoms with Crippen LogP contribution in [0.1, 0.15) is 13.3 Å². The van der Waals surface area contributed by atoms with Crippen molar-refractivity contribution < 1.29 is 4.74 Å². The number of hydrogen-bond acceptors (Lipinski definition) is 4. The van der Waals surface area contributed by atoms with E-state index in [0.29, 0.717) is 6.10 Å². The quantitative estimate of drug-likeness (QED) is 0.775. The molecular weight excluding hydrogens is 208 g/mol. The normalized spacial score (nSPS) is 37.4. The van der Waals surface area contributed by atoms with Gasteiger partial charge in [0.1, 0.15) is 0 Å². The van der Waals surface area contributed by atoms with Crippen molar-refractivity contribution in [2.24, 2.45) is 0 Å². The highest BCUT2D eigenvalue weighted by Gasteiger charge is 2.29. The van der Waals surface area contributed by atoms with E-state index in [-0.39, 0.29) is 0 Å². The maximum absolute atomic E-state index is 5.73. The van der Waals surface area contributed by atoms with Gasteiger partial charge in [-0.1, -0.05) is 6.92 Å². The van der Waals surface area contributed by atoms with E-state index in [1.807, 2.05) is 0 Å². The molecular formula is C11H22N2OS. The van der Waals surface area contributed by atoms with E-state index in [1.54, 1.807) is 0 Å². The number of nitrogens with one attached hydrogen (secondary N) is 1. The molecule has 0 saturated carbocycles. The largest absolute Gasteiger partial charge is 0.374 e. The predicted octanol–water partition coefficient (Wildman–Crippen LogP) is 0.801. The molecule has 0 aromatic rings. The summed E-state index contributed by atoms with van der Waals surface area (Å²) in [7, 11) is 2.24. The lowest BCUT2D eigenvalue weighted by Gasteiger charge is -2.32. The fourth-order valence-electron chi connectivity index (χ4n) is 2.49. The summed E-state index contributed by atoms with van der Waals surface area (Å²) >= 11 is 2.10. The van der Waals surface area contributed by atoms with Crippen LogP contribution in [0.5, 0.6) is 0 Å². The van der Waals surface area contributed by atoms with Crippen molar-refractivity contribution in [1.29, 1.82) is 0 Å². The molecule has 3 nitrogen and oxygen atoms in total. The van der Waals surface area contributed by atoms with E-state index in [2.05, 4.69) is 35.9 Å². The maximum Gasteiger partial charge on any atom is 0.0826 e. The number of thioether (sulfide) groups is 1. The monoisotopic (exact) mass is 230 g/mol. The Balaban J connectivity index is 1.77. The van der Waals surface area contributed by atoms with Crippen molar-refractivity contribution in [3.63, 3.8) is 0 Å². The van der Waals surface area contributed by atoms with Crippen LogP contribution in [0, 0.1) is 0 Å². The highest BCUT2D eigenvalue weighted by molar-refractivity contribution is 8.00. The van der Waals surface area contributed by atoms with Crippen LogP contribution in [0.2, 0.25) is 0 Å². The third-order valence-corrected chi connectivity index (χ3v) is 4.71. The molecule has 0 aromatic heterocycles. The predicted molar refractivity (Wildman–Crippen MR) is 65.6 cm³/mol. The minimum atomic E-state index is 0.390. The van der Waals surface area contributed by atoms with Crippen LogP contribution in [-0.4, -0.2) is 61.3 Å². The van der Waals surface area contributed by atoms with Crippen LogP contribution in [-0.2, 0) is 4.74 Å². The second-order valence-corrected chi connectivity index (χ2v) is 6.05. The van der Waals surface area contributed by atoms with Crippen molar-refractivity contribution >= 4 is 11.8 Å². The molecule has 0 aliphatic carbocycles. The Labute approximate surface area is 96.9 Å². The topological polar surface area (TPSA) is 24.5 Å². The van der Waals surface area contributed by atoms with Crippen LogP contribution in [0.4, 0.5) is 0 Å². The van der Waals surface area contributed by atoms with E-state index in [1.165, 1.54) is 12.2 Å². The first-order chi connectivity index (χ1) is 7.27. The lowest BCUT2D eigenvalue weighted by Crippen LogP contribution is -2.47. The van der Waals surface area contributed by atoms with Gasteiger partial charge >= 0.3 is 0 Å². The molecule has 15 heavy (non-hydrogen) atoms. The molecule has 0 bridgehead atoms. The molecule has 0 spiro atoms. The number of hydrogen-bond donors (Lipinski definition) is 1. The summed E-state index contributed by atoms with van der Waals surface area (Å²) in [6.45, 7) is 6.31. The van der Waals surface area contributed by atoms with E-state index >= 15 is 0 Å². The molecule has 0 aromatic carbocycles. The van der Waals surface area contributed by atoms with Crippen molar-refractivity contribution in [2.45, 2.75) is 30.7 Å². The van der Waals surface area contributed by atoms with Crippen molar-refractivity contribution in [1.82, 2.24) is 10.2 Å². The zero-order chi connectivity index (χ0) is 10.7. The minimum Gasteiger partial charge on any atom is -0.374 e. The molecule has 2 aliphatic rings. The van der Waals surface area contributed by atoms with E-state index < -0.39 is 0 Å². The van der Waals surface area contributed by atoms with Gasteiger partial charge < -0.3 is 10.1 Å². The van der Waals surface area contributed by atoms with E-state index in [0.717, 1.165) is 37.5 Å². The number of morpholine rings is 1. The number of ether oxygens (including phenoxy) is 1. The van der Waals surface area contributed by atoms with Crippen LogP contribution < -0.4 is 5.32 Å². The van der Waals surface area contributed by atoms with Crippen molar-refractivity contribution in [2.75, 3.05) is 39.0 Å². The molecule has 0 amide bonds. The lowest BCUT2D eigenvalue weighted by molar-refractivity contribution is 0.00323. The van der Waals surface area contributed by atoms with Gasteiger partial charge in [0.25, 0.3) is 0 Å². The van der Waals surface area contributed by atoms with Gasteiger partial charge in [0.05, 0.1) is 12.7 Å². The van der Waals surface area contributed by atoms with Crippen LogP contribution in [0.15, 0.2) is 0 Å². The summed E-state index contributed by atoms with van der Waals surface area (Å²) in [5.74, 6) is 1.32. The first-order valence-corrected chi connectivity index (χ1v) is 6.96. The molecule has 0 radical (unpaired) electrons. The van der Waals surface area contributed by atoms with Gasteiger partial charge in [0.15, 0.2) is 0 Å². The van der Waals surface area contributed by atoms with Gasteiger partial charge in [0.2, 0.25) is 0 Å². The first-order valence-electron chi connectivity index (χ1n) is 5.91. The molecule has 2 fully saturated rings. The Kier molecular flexibility index (Phi) is 4.31. The van der Waals surface area contributed by atoms with Gasteiger partial charge in [-0.3, -0.25) is 4.90 Å². The second-order valence-electron chi connectivity index (χ2n) is 4.57. The summed E-state index contributed by atoms with van der Waals surface area (Å²) in [5.41, 5.74) is 0. The Morgan fingerprint density at radius 3 is 3.00 bits per heavy atom. The smallest absolute Gasteiger partial charge is 0.0826 e. The average molecular weight is 230 g/mol. The Morgan fingerprint density at radius 2 is 2.40 bits per heavy atom. The maximum atomic E-state index is 5.73. The molecule has 1 N–H and O–H groups in total. The summed E-state index contributed by atoms with van der Waals surface area (Å²) in [4.78, 5) is 2.49. The fraction of sp³-hybridized carbons (Fsp3) is 1.00.